The molecule has 2 heterocycles. The second-order valence-corrected chi connectivity index (χ2v) is 10.2. The molecule has 5 aromatic carbocycles. The average Bonchev–Trinajstić information content (AvgIpc) is 2.95. The molecule has 4 nitrogen and oxygen atoms in total. The van der Waals surface area contributed by atoms with Gasteiger partial charge in [0.2, 0.25) is 0 Å². The van der Waals surface area contributed by atoms with Crippen molar-refractivity contribution in [3.63, 3.8) is 0 Å². The van der Waals surface area contributed by atoms with Gasteiger partial charge >= 0.3 is 5.97 Å². The highest BCUT2D eigenvalue weighted by Crippen LogP contribution is 2.50. The molecule has 190 valence electrons. The predicted octanol–water partition coefficient (Wildman–Crippen LogP) is 8.93. The van der Waals surface area contributed by atoms with E-state index in [2.05, 4.69) is 85.5 Å². The van der Waals surface area contributed by atoms with Gasteiger partial charge in [-0.3, -0.25) is 0 Å². The first-order valence-corrected chi connectivity index (χ1v) is 13.2. The molecule has 0 amide bonds. The van der Waals surface area contributed by atoms with Crippen LogP contribution in [-0.2, 0) is 11.2 Å². The summed E-state index contributed by atoms with van der Waals surface area (Å²) in [5.41, 5.74) is 11.3. The fourth-order valence-electron chi connectivity index (χ4n) is 5.66. The number of esters is 1. The summed E-state index contributed by atoms with van der Waals surface area (Å²) in [7, 11) is 0. The lowest BCUT2D eigenvalue weighted by molar-refractivity contribution is 0.0480. The van der Waals surface area contributed by atoms with Gasteiger partial charge in [-0.25, -0.2) is 4.79 Å². The number of aryl methyl sites for hydroxylation is 2. The Morgan fingerprint density at radius 1 is 0.615 bits per heavy atom. The summed E-state index contributed by atoms with van der Waals surface area (Å²) in [5, 5.41) is 0. The molecule has 2 aliphatic rings. The zero-order valence-corrected chi connectivity index (χ0v) is 21.9. The van der Waals surface area contributed by atoms with Gasteiger partial charge in [-0.1, -0.05) is 59.7 Å². The van der Waals surface area contributed by atoms with Crippen molar-refractivity contribution < 1.29 is 14.3 Å². The van der Waals surface area contributed by atoms with Gasteiger partial charge in [-0.2, -0.15) is 0 Å². The zero-order chi connectivity index (χ0) is 26.5. The summed E-state index contributed by atoms with van der Waals surface area (Å²) in [6.45, 7) is 4.63. The van der Waals surface area contributed by atoms with Crippen LogP contribution in [0.2, 0.25) is 0 Å². The number of ether oxygens (including phenoxy) is 2. The molecule has 0 N–H and O–H groups in total. The standard InChI is InChI=1S/C35H27NO3/c1-22-11-15-31-29(19-22)27-7-3-5-9-33(27)39-34-10-6-4-8-28(34)30-20-23(2)12-16-32(30)36(31)25-13-14-26-24(21-25)17-18-38-35(26)37/h3-16,19-21H,17-18H2,1-2H3. The van der Waals surface area contributed by atoms with E-state index in [0.29, 0.717) is 18.6 Å². The van der Waals surface area contributed by atoms with E-state index in [1.807, 2.05) is 36.4 Å². The van der Waals surface area contributed by atoms with E-state index in [1.165, 1.54) is 11.1 Å². The van der Waals surface area contributed by atoms with Crippen LogP contribution in [0.5, 0.6) is 11.5 Å². The lowest BCUT2D eigenvalue weighted by atomic mass is 9.94. The Kier molecular flexibility index (Phi) is 5.48. The van der Waals surface area contributed by atoms with Crippen LogP contribution in [0.1, 0.15) is 27.0 Å². The van der Waals surface area contributed by atoms with Crippen LogP contribution >= 0.6 is 0 Å². The molecule has 0 aliphatic carbocycles. The van der Waals surface area contributed by atoms with E-state index in [-0.39, 0.29) is 5.97 Å². The first-order valence-electron chi connectivity index (χ1n) is 13.2. The summed E-state index contributed by atoms with van der Waals surface area (Å²) in [4.78, 5) is 14.8. The third-order valence-electron chi connectivity index (χ3n) is 7.53. The number of rotatable bonds is 1. The van der Waals surface area contributed by atoms with Gasteiger partial charge in [-0.15, -0.1) is 0 Å². The molecule has 2 aliphatic heterocycles. The molecule has 4 heteroatoms. The first kappa shape index (κ1) is 23.3. The quantitative estimate of drug-likeness (QED) is 0.207. The number of cyclic esters (lactones) is 1. The van der Waals surface area contributed by atoms with E-state index < -0.39 is 0 Å². The van der Waals surface area contributed by atoms with Crippen molar-refractivity contribution >= 4 is 23.0 Å². The number of hydrogen-bond donors (Lipinski definition) is 0. The molecule has 0 saturated heterocycles. The Labute approximate surface area is 228 Å². The van der Waals surface area contributed by atoms with E-state index >= 15 is 0 Å². The number of carbonyl (C=O) groups excluding carboxylic acids is 1. The second kappa shape index (κ2) is 9.17. The van der Waals surface area contributed by atoms with Gasteiger partial charge in [0, 0.05) is 34.4 Å². The molecule has 5 aromatic rings. The van der Waals surface area contributed by atoms with Crippen LogP contribution in [0.25, 0.3) is 22.3 Å². The molecule has 0 aromatic heterocycles. The molecule has 7 rings (SSSR count). The number of para-hydroxylation sites is 2. The normalized spacial score (nSPS) is 13.6. The minimum atomic E-state index is -0.254. The van der Waals surface area contributed by atoms with Gasteiger partial charge in [0.05, 0.1) is 23.5 Å². The van der Waals surface area contributed by atoms with Crippen molar-refractivity contribution in [1.82, 2.24) is 0 Å². The van der Waals surface area contributed by atoms with Gasteiger partial charge < -0.3 is 14.4 Å². The van der Waals surface area contributed by atoms with E-state index in [0.717, 1.165) is 56.4 Å². The maximum Gasteiger partial charge on any atom is 0.338 e. The monoisotopic (exact) mass is 509 g/mol. The molecule has 0 atom stereocenters. The third-order valence-corrected chi connectivity index (χ3v) is 7.53. The fraction of sp³-hybridized carbons (Fsp3) is 0.114. The van der Waals surface area contributed by atoms with Gasteiger partial charge in [0.25, 0.3) is 0 Å². The number of anilines is 3. The Morgan fingerprint density at radius 2 is 1.21 bits per heavy atom. The number of hydrogen-bond acceptors (Lipinski definition) is 4. The van der Waals surface area contributed by atoms with Crippen LogP contribution < -0.4 is 9.64 Å². The minimum absolute atomic E-state index is 0.254. The Morgan fingerprint density at radius 3 is 1.82 bits per heavy atom. The molecule has 0 radical (unpaired) electrons. The lowest BCUT2D eigenvalue weighted by Crippen LogP contribution is -2.19. The molecule has 0 unspecified atom stereocenters. The third kappa shape index (κ3) is 3.96. The highest BCUT2D eigenvalue weighted by molar-refractivity contribution is 5.98. The summed E-state index contributed by atoms with van der Waals surface area (Å²) in [6, 6.07) is 35.6. The van der Waals surface area contributed by atoms with Crippen LogP contribution in [0.3, 0.4) is 0 Å². The Bertz CT molecular complexity index is 1680. The first-order chi connectivity index (χ1) is 19.1. The zero-order valence-electron chi connectivity index (χ0n) is 21.9. The predicted molar refractivity (Wildman–Crippen MR) is 156 cm³/mol. The van der Waals surface area contributed by atoms with Crippen molar-refractivity contribution in [2.75, 3.05) is 11.5 Å². The summed E-state index contributed by atoms with van der Waals surface area (Å²) in [5.74, 6) is 1.36. The van der Waals surface area contributed by atoms with Crippen LogP contribution in [0.4, 0.5) is 17.1 Å². The smallest absolute Gasteiger partial charge is 0.338 e. The average molecular weight is 510 g/mol. The molecule has 0 fully saturated rings. The van der Waals surface area contributed by atoms with Crippen molar-refractivity contribution in [1.29, 1.82) is 0 Å². The van der Waals surface area contributed by atoms with Crippen LogP contribution in [0, 0.1) is 13.8 Å². The lowest BCUT2D eigenvalue weighted by Gasteiger charge is -2.32. The number of carbonyl (C=O) groups is 1. The summed E-state index contributed by atoms with van der Waals surface area (Å²) >= 11 is 0. The van der Waals surface area contributed by atoms with Gasteiger partial charge in [-0.05, 0) is 74.0 Å². The highest BCUT2D eigenvalue weighted by Gasteiger charge is 2.27. The molecule has 0 bridgehead atoms. The highest BCUT2D eigenvalue weighted by atomic mass is 16.5. The minimum Gasteiger partial charge on any atom is -0.462 e. The number of benzene rings is 5. The molecular formula is C35H27NO3. The maximum atomic E-state index is 12.5. The number of fused-ring (bicyclic) bond motifs is 7. The van der Waals surface area contributed by atoms with Gasteiger partial charge in [0.1, 0.15) is 11.5 Å². The van der Waals surface area contributed by atoms with Crippen LogP contribution in [0.15, 0.2) is 103 Å². The number of nitrogens with zero attached hydrogens (tertiary/aromatic N) is 1. The molecule has 39 heavy (non-hydrogen) atoms. The van der Waals surface area contributed by atoms with E-state index in [1.54, 1.807) is 0 Å². The van der Waals surface area contributed by atoms with E-state index in [9.17, 15) is 4.79 Å². The van der Waals surface area contributed by atoms with Gasteiger partial charge in [0.15, 0.2) is 0 Å². The molecular weight excluding hydrogens is 482 g/mol. The SMILES string of the molecule is Cc1ccc2c(c1)-c1ccccc1Oc1ccccc1-c1cc(C)ccc1N2c1ccc2c(c1)CCOC2=O. The van der Waals surface area contributed by atoms with Crippen LogP contribution in [-0.4, -0.2) is 12.6 Å². The second-order valence-electron chi connectivity index (χ2n) is 10.2. The molecule has 0 spiro atoms. The summed E-state index contributed by atoms with van der Waals surface area (Å²) in [6.07, 6.45) is 0.698. The van der Waals surface area contributed by atoms with Crippen molar-refractivity contribution in [2.45, 2.75) is 20.3 Å². The Hall–Kier alpha value is -4.83. The van der Waals surface area contributed by atoms with Crippen molar-refractivity contribution in [3.8, 4) is 33.8 Å². The topological polar surface area (TPSA) is 38.8 Å². The Balaban J connectivity index is 1.59. The van der Waals surface area contributed by atoms with Crippen molar-refractivity contribution in [3.05, 3.63) is 125 Å². The summed E-state index contributed by atoms with van der Waals surface area (Å²) < 4.78 is 12.0. The fourth-order valence-corrected chi connectivity index (χ4v) is 5.66. The molecule has 0 saturated carbocycles. The van der Waals surface area contributed by atoms with E-state index in [4.69, 9.17) is 9.47 Å². The maximum absolute atomic E-state index is 12.5. The van der Waals surface area contributed by atoms with Crippen molar-refractivity contribution in [2.24, 2.45) is 0 Å². The largest absolute Gasteiger partial charge is 0.462 e.